The van der Waals surface area contributed by atoms with E-state index in [0.717, 1.165) is 23.2 Å². The van der Waals surface area contributed by atoms with Crippen molar-refractivity contribution < 1.29 is 0 Å². The van der Waals surface area contributed by atoms with Crippen molar-refractivity contribution in [1.29, 1.82) is 0 Å². The van der Waals surface area contributed by atoms with Gasteiger partial charge in [0, 0.05) is 0 Å². The van der Waals surface area contributed by atoms with E-state index in [-0.39, 0.29) is 0 Å². The summed E-state index contributed by atoms with van der Waals surface area (Å²) in [6.07, 6.45) is 7.38. The molecule has 1 rings (SSSR count). The van der Waals surface area contributed by atoms with Crippen molar-refractivity contribution in [1.82, 2.24) is 0 Å². The van der Waals surface area contributed by atoms with E-state index in [9.17, 15) is 0 Å². The molecular formula is C14H28. The average molecular weight is 196 g/mol. The van der Waals surface area contributed by atoms with E-state index in [0.29, 0.717) is 0 Å². The zero-order chi connectivity index (χ0) is 10.8. The molecule has 0 aromatic rings. The molecule has 1 unspecified atom stereocenters. The van der Waals surface area contributed by atoms with Crippen molar-refractivity contribution in [3.63, 3.8) is 0 Å². The van der Waals surface area contributed by atoms with E-state index in [4.69, 9.17) is 0 Å². The number of hydrogen-bond acceptors (Lipinski definition) is 0. The van der Waals surface area contributed by atoms with E-state index < -0.39 is 0 Å². The van der Waals surface area contributed by atoms with Crippen LogP contribution >= 0.6 is 0 Å². The molecule has 84 valence electrons. The molecule has 1 fully saturated rings. The molecule has 0 N–H and O–H groups in total. The lowest BCUT2D eigenvalue weighted by Crippen LogP contribution is -2.18. The van der Waals surface area contributed by atoms with Gasteiger partial charge in [-0.25, -0.2) is 0 Å². The number of rotatable bonds is 6. The SMILES string of the molecule is CC(C)CCCC1(C(C)C(C)C)CC1. The smallest absolute Gasteiger partial charge is 0.0269 e. The molecular weight excluding hydrogens is 168 g/mol. The molecule has 0 aromatic heterocycles. The van der Waals surface area contributed by atoms with E-state index >= 15 is 0 Å². The second kappa shape index (κ2) is 4.68. The molecule has 0 aliphatic heterocycles. The highest BCUT2D eigenvalue weighted by Crippen LogP contribution is 2.57. The third kappa shape index (κ3) is 3.00. The van der Waals surface area contributed by atoms with Crippen LogP contribution in [0, 0.1) is 23.2 Å². The molecule has 1 aliphatic carbocycles. The summed E-state index contributed by atoms with van der Waals surface area (Å²) in [5.41, 5.74) is 0.767. The summed E-state index contributed by atoms with van der Waals surface area (Å²) in [5, 5.41) is 0. The summed E-state index contributed by atoms with van der Waals surface area (Å²) in [6, 6.07) is 0. The molecule has 0 heterocycles. The van der Waals surface area contributed by atoms with Gasteiger partial charge in [0.15, 0.2) is 0 Å². The number of hydrogen-bond donors (Lipinski definition) is 0. The van der Waals surface area contributed by atoms with Crippen LogP contribution in [0.15, 0.2) is 0 Å². The van der Waals surface area contributed by atoms with Gasteiger partial charge in [-0.15, -0.1) is 0 Å². The second-order valence-corrected chi connectivity index (χ2v) is 6.18. The fourth-order valence-electron chi connectivity index (χ4n) is 2.66. The molecule has 14 heavy (non-hydrogen) atoms. The Balaban J connectivity index is 2.28. The minimum Gasteiger partial charge on any atom is -0.0628 e. The van der Waals surface area contributed by atoms with Crippen LogP contribution in [0.4, 0.5) is 0 Å². The lowest BCUT2D eigenvalue weighted by molar-refractivity contribution is 0.230. The lowest BCUT2D eigenvalue weighted by Gasteiger charge is -2.27. The van der Waals surface area contributed by atoms with Gasteiger partial charge in [0.1, 0.15) is 0 Å². The summed E-state index contributed by atoms with van der Waals surface area (Å²) >= 11 is 0. The van der Waals surface area contributed by atoms with Crippen molar-refractivity contribution >= 4 is 0 Å². The predicted molar refractivity (Wildman–Crippen MR) is 64.4 cm³/mol. The van der Waals surface area contributed by atoms with Gasteiger partial charge < -0.3 is 0 Å². The topological polar surface area (TPSA) is 0 Å². The van der Waals surface area contributed by atoms with Crippen LogP contribution in [0.2, 0.25) is 0 Å². The Morgan fingerprint density at radius 2 is 1.57 bits per heavy atom. The Morgan fingerprint density at radius 3 is 1.93 bits per heavy atom. The highest BCUT2D eigenvalue weighted by molar-refractivity contribution is 4.97. The highest BCUT2D eigenvalue weighted by atomic mass is 14.5. The second-order valence-electron chi connectivity index (χ2n) is 6.18. The Hall–Kier alpha value is 0. The minimum absolute atomic E-state index is 0.767. The Kier molecular flexibility index (Phi) is 4.04. The Morgan fingerprint density at radius 1 is 1.00 bits per heavy atom. The maximum atomic E-state index is 2.47. The molecule has 0 bridgehead atoms. The summed E-state index contributed by atoms with van der Waals surface area (Å²) in [4.78, 5) is 0. The van der Waals surface area contributed by atoms with Crippen LogP contribution in [0.1, 0.15) is 66.7 Å². The largest absolute Gasteiger partial charge is 0.0628 e. The first-order chi connectivity index (χ1) is 6.48. The standard InChI is InChI=1S/C14H28/c1-11(2)7-6-8-14(9-10-14)13(5)12(3)4/h11-13H,6-10H2,1-5H3. The van der Waals surface area contributed by atoms with Crippen LogP contribution in [0.5, 0.6) is 0 Å². The van der Waals surface area contributed by atoms with Crippen molar-refractivity contribution in [3.05, 3.63) is 0 Å². The summed E-state index contributed by atoms with van der Waals surface area (Å²) in [5.74, 6) is 2.70. The van der Waals surface area contributed by atoms with Gasteiger partial charge in [0.05, 0.1) is 0 Å². The average Bonchev–Trinajstić information content (AvgIpc) is 2.83. The molecule has 0 heteroatoms. The van der Waals surface area contributed by atoms with Gasteiger partial charge in [0.25, 0.3) is 0 Å². The van der Waals surface area contributed by atoms with Gasteiger partial charge in [-0.1, -0.05) is 47.5 Å². The Labute approximate surface area is 90.5 Å². The first-order valence-corrected chi connectivity index (χ1v) is 6.48. The maximum Gasteiger partial charge on any atom is -0.0269 e. The van der Waals surface area contributed by atoms with Crippen molar-refractivity contribution in [2.45, 2.75) is 66.7 Å². The Bertz CT molecular complexity index is 163. The lowest BCUT2D eigenvalue weighted by atomic mass is 9.79. The summed E-state index contributed by atoms with van der Waals surface area (Å²) in [7, 11) is 0. The van der Waals surface area contributed by atoms with E-state index in [1.807, 2.05) is 0 Å². The highest BCUT2D eigenvalue weighted by Gasteiger charge is 2.46. The molecule has 1 atom stereocenters. The minimum atomic E-state index is 0.767. The van der Waals surface area contributed by atoms with Crippen molar-refractivity contribution in [2.24, 2.45) is 23.2 Å². The van der Waals surface area contributed by atoms with Crippen LogP contribution < -0.4 is 0 Å². The fraction of sp³-hybridized carbons (Fsp3) is 1.00. The zero-order valence-corrected chi connectivity index (χ0v) is 10.8. The molecule has 0 aromatic carbocycles. The van der Waals surface area contributed by atoms with Crippen molar-refractivity contribution in [3.8, 4) is 0 Å². The predicted octanol–water partition coefficient (Wildman–Crippen LogP) is 4.89. The molecule has 0 nitrogen and oxygen atoms in total. The van der Waals surface area contributed by atoms with Gasteiger partial charge in [0.2, 0.25) is 0 Å². The summed E-state index contributed by atoms with van der Waals surface area (Å²) < 4.78 is 0. The molecule has 0 radical (unpaired) electrons. The van der Waals surface area contributed by atoms with Crippen molar-refractivity contribution in [2.75, 3.05) is 0 Å². The van der Waals surface area contributed by atoms with Gasteiger partial charge in [-0.2, -0.15) is 0 Å². The molecule has 1 aliphatic rings. The third-order valence-corrected chi connectivity index (χ3v) is 4.31. The quantitative estimate of drug-likeness (QED) is 0.567. The normalized spacial score (nSPS) is 21.6. The van der Waals surface area contributed by atoms with Crippen LogP contribution in [0.25, 0.3) is 0 Å². The fourth-order valence-corrected chi connectivity index (χ4v) is 2.66. The van der Waals surface area contributed by atoms with Crippen LogP contribution in [-0.4, -0.2) is 0 Å². The van der Waals surface area contributed by atoms with Gasteiger partial charge in [-0.3, -0.25) is 0 Å². The van der Waals surface area contributed by atoms with Crippen LogP contribution in [0.3, 0.4) is 0 Å². The molecule has 0 saturated heterocycles. The van der Waals surface area contributed by atoms with E-state index in [2.05, 4.69) is 34.6 Å². The summed E-state index contributed by atoms with van der Waals surface area (Å²) in [6.45, 7) is 11.9. The van der Waals surface area contributed by atoms with E-state index in [1.165, 1.54) is 32.1 Å². The first kappa shape index (κ1) is 12.1. The molecule has 1 saturated carbocycles. The molecule has 0 spiro atoms. The first-order valence-electron chi connectivity index (χ1n) is 6.48. The van der Waals surface area contributed by atoms with Crippen LogP contribution in [-0.2, 0) is 0 Å². The van der Waals surface area contributed by atoms with E-state index in [1.54, 1.807) is 0 Å². The van der Waals surface area contributed by atoms with Gasteiger partial charge in [-0.05, 0) is 42.4 Å². The monoisotopic (exact) mass is 196 g/mol. The third-order valence-electron chi connectivity index (χ3n) is 4.31. The maximum absolute atomic E-state index is 2.47. The molecule has 0 amide bonds. The van der Waals surface area contributed by atoms with Gasteiger partial charge >= 0.3 is 0 Å². The zero-order valence-electron chi connectivity index (χ0n) is 10.8.